The molecule has 5 rings (SSSR count). The molecule has 1 aliphatic heterocycles. The molecule has 28 heavy (non-hydrogen) atoms. The van der Waals surface area contributed by atoms with Crippen LogP contribution in [0.5, 0.6) is 5.75 Å². The number of phenols is 1. The number of nitrogens with zero attached hydrogens (tertiary/aromatic N) is 1. The zero-order valence-corrected chi connectivity index (χ0v) is 17.2. The fourth-order valence-electron chi connectivity index (χ4n) is 6.87. The minimum absolute atomic E-state index is 0.119. The van der Waals surface area contributed by atoms with Gasteiger partial charge in [0.1, 0.15) is 11.5 Å². The van der Waals surface area contributed by atoms with E-state index in [2.05, 4.69) is 11.5 Å². The molecule has 3 aliphatic carbocycles. The van der Waals surface area contributed by atoms with E-state index in [9.17, 15) is 9.90 Å². The Balaban J connectivity index is 1.60. The fourth-order valence-corrected chi connectivity index (χ4v) is 6.87. The number of hydrogen-bond acceptors (Lipinski definition) is 3. The average molecular weight is 380 g/mol. The third kappa shape index (κ3) is 2.85. The molecule has 1 aromatic rings. The molecule has 3 fully saturated rings. The summed E-state index contributed by atoms with van der Waals surface area (Å²) in [6.45, 7) is 8.46. The number of Topliss-reactive ketones (excluding diaryl/α,β-unsaturated/α-hetero) is 1. The van der Waals surface area contributed by atoms with Crippen LogP contribution in [0.25, 0.3) is 0 Å². The second-order valence-corrected chi connectivity index (χ2v) is 10.1. The lowest BCUT2D eigenvalue weighted by Crippen LogP contribution is -2.62. The molecule has 3 nitrogen and oxygen atoms in total. The first-order valence-electron chi connectivity index (χ1n) is 11.2. The number of likely N-dealkylation sites (tertiary alicyclic amines) is 1. The van der Waals surface area contributed by atoms with E-state index in [4.69, 9.17) is 0 Å². The van der Waals surface area contributed by atoms with Crippen LogP contribution in [0.15, 0.2) is 24.3 Å². The summed E-state index contributed by atoms with van der Waals surface area (Å²) >= 11 is 0. The van der Waals surface area contributed by atoms with Gasteiger partial charge in [0.25, 0.3) is 0 Å². The van der Waals surface area contributed by atoms with E-state index in [0.717, 1.165) is 37.2 Å². The lowest BCUT2D eigenvalue weighted by atomic mass is 9.51. The topological polar surface area (TPSA) is 40.5 Å². The van der Waals surface area contributed by atoms with Crippen LogP contribution < -0.4 is 0 Å². The lowest BCUT2D eigenvalue weighted by Gasteiger charge is -2.60. The van der Waals surface area contributed by atoms with E-state index >= 15 is 0 Å². The molecule has 3 atom stereocenters. The summed E-state index contributed by atoms with van der Waals surface area (Å²) < 4.78 is 0. The summed E-state index contributed by atoms with van der Waals surface area (Å²) in [6.07, 6.45) is 10.3. The molecular formula is C25H33NO2. The van der Waals surface area contributed by atoms with Crippen LogP contribution in [0.2, 0.25) is 0 Å². The highest BCUT2D eigenvalue weighted by molar-refractivity contribution is 5.79. The second kappa shape index (κ2) is 6.73. The molecule has 0 radical (unpaired) electrons. The van der Waals surface area contributed by atoms with Gasteiger partial charge < -0.3 is 5.11 Å². The van der Waals surface area contributed by atoms with Crippen molar-refractivity contribution in [1.82, 2.24) is 4.90 Å². The van der Waals surface area contributed by atoms with Gasteiger partial charge in [-0.1, -0.05) is 18.6 Å². The molecule has 1 heterocycles. The molecule has 150 valence electrons. The van der Waals surface area contributed by atoms with Crippen molar-refractivity contribution in [1.29, 1.82) is 0 Å². The van der Waals surface area contributed by atoms with Crippen LogP contribution in [0.1, 0.15) is 68.6 Å². The highest BCUT2D eigenvalue weighted by Crippen LogP contribution is 2.57. The Labute approximate surface area is 168 Å². The van der Waals surface area contributed by atoms with Crippen LogP contribution in [0.3, 0.4) is 0 Å². The first-order valence-corrected chi connectivity index (χ1v) is 11.2. The SMILES string of the molecule is C=C1CC[C@H]2[C@H]3Cc4c(CC(C)=O)cc(O)cc4[C@@]2(CCN3CC2CCC2)C1. The van der Waals surface area contributed by atoms with Crippen LogP contribution >= 0.6 is 0 Å². The van der Waals surface area contributed by atoms with Gasteiger partial charge in [0, 0.05) is 24.4 Å². The molecular weight excluding hydrogens is 346 g/mol. The van der Waals surface area contributed by atoms with Gasteiger partial charge in [-0.3, -0.25) is 9.69 Å². The number of phenolic OH excluding ortho intramolecular Hbond substituents is 1. The fraction of sp³-hybridized carbons (Fsp3) is 0.640. The van der Waals surface area contributed by atoms with Crippen LogP contribution in [0, 0.1) is 11.8 Å². The molecule has 1 saturated heterocycles. The molecule has 3 heteroatoms. The van der Waals surface area contributed by atoms with E-state index in [-0.39, 0.29) is 11.2 Å². The Morgan fingerprint density at radius 3 is 2.86 bits per heavy atom. The standard InChI is InChI=1S/C25H33NO2/c1-16-6-7-22-24-13-21-19(10-17(2)27)11-20(28)12-23(21)25(22,14-16)8-9-26(24)15-18-4-3-5-18/h11-12,18,22,24,28H,1,3-10,13-15H2,2H3/t22-,24+,25-/m0/s1. The predicted molar refractivity (Wildman–Crippen MR) is 112 cm³/mol. The highest BCUT2D eigenvalue weighted by Gasteiger charge is 2.55. The van der Waals surface area contributed by atoms with E-state index in [1.807, 2.05) is 12.1 Å². The maximum Gasteiger partial charge on any atom is 0.134 e. The van der Waals surface area contributed by atoms with E-state index in [0.29, 0.717) is 24.1 Å². The van der Waals surface area contributed by atoms with Crippen molar-refractivity contribution in [3.8, 4) is 5.75 Å². The van der Waals surface area contributed by atoms with E-state index < -0.39 is 0 Å². The summed E-state index contributed by atoms with van der Waals surface area (Å²) in [5.41, 5.74) is 5.25. The largest absolute Gasteiger partial charge is 0.508 e. The third-order valence-electron chi connectivity index (χ3n) is 8.30. The van der Waals surface area contributed by atoms with Crippen molar-refractivity contribution in [3.63, 3.8) is 0 Å². The lowest BCUT2D eigenvalue weighted by molar-refractivity contribution is -0.116. The molecule has 1 aromatic carbocycles. The zero-order chi connectivity index (χ0) is 19.5. The molecule has 2 bridgehead atoms. The smallest absolute Gasteiger partial charge is 0.134 e. The quantitative estimate of drug-likeness (QED) is 0.781. The molecule has 2 saturated carbocycles. The molecule has 0 unspecified atom stereocenters. The van der Waals surface area contributed by atoms with Crippen LogP contribution in [0.4, 0.5) is 0 Å². The number of benzene rings is 1. The third-order valence-corrected chi connectivity index (χ3v) is 8.30. The van der Waals surface area contributed by atoms with Gasteiger partial charge >= 0.3 is 0 Å². The predicted octanol–water partition coefficient (Wildman–Crippen LogP) is 4.55. The maximum atomic E-state index is 11.9. The molecule has 0 spiro atoms. The summed E-state index contributed by atoms with van der Waals surface area (Å²) in [4.78, 5) is 14.7. The van der Waals surface area contributed by atoms with Crippen molar-refractivity contribution < 1.29 is 9.90 Å². The van der Waals surface area contributed by atoms with Crippen molar-refractivity contribution in [2.24, 2.45) is 11.8 Å². The van der Waals surface area contributed by atoms with Gasteiger partial charge in [-0.05, 0) is 99.1 Å². The normalized spacial score (nSPS) is 32.4. The first kappa shape index (κ1) is 18.4. The zero-order valence-electron chi connectivity index (χ0n) is 17.2. The van der Waals surface area contributed by atoms with Crippen molar-refractivity contribution in [2.45, 2.75) is 76.2 Å². The monoisotopic (exact) mass is 379 g/mol. The second-order valence-electron chi connectivity index (χ2n) is 10.1. The number of piperidine rings is 1. The molecule has 1 N–H and O–H groups in total. The Kier molecular flexibility index (Phi) is 4.42. The minimum Gasteiger partial charge on any atom is -0.508 e. The van der Waals surface area contributed by atoms with Crippen LogP contribution in [-0.2, 0) is 23.1 Å². The highest BCUT2D eigenvalue weighted by atomic mass is 16.3. The Bertz CT molecular complexity index is 824. The van der Waals surface area contributed by atoms with Gasteiger partial charge in [-0.2, -0.15) is 0 Å². The molecule has 0 amide bonds. The summed E-state index contributed by atoms with van der Waals surface area (Å²) in [6, 6.07) is 4.47. The van der Waals surface area contributed by atoms with E-state index in [1.54, 1.807) is 6.92 Å². The Morgan fingerprint density at radius 1 is 1.32 bits per heavy atom. The van der Waals surface area contributed by atoms with Gasteiger partial charge in [-0.15, -0.1) is 0 Å². The Hall–Kier alpha value is -1.61. The van der Waals surface area contributed by atoms with Gasteiger partial charge in [0.2, 0.25) is 0 Å². The first-order chi connectivity index (χ1) is 13.5. The molecule has 0 aromatic heterocycles. The Morgan fingerprint density at radius 2 is 2.14 bits per heavy atom. The molecule has 4 aliphatic rings. The van der Waals surface area contributed by atoms with Crippen LogP contribution in [-0.4, -0.2) is 34.9 Å². The van der Waals surface area contributed by atoms with Crippen molar-refractivity contribution in [3.05, 3.63) is 41.0 Å². The minimum atomic E-state index is 0.119. The number of aromatic hydroxyl groups is 1. The summed E-state index contributed by atoms with van der Waals surface area (Å²) in [7, 11) is 0. The van der Waals surface area contributed by atoms with Crippen molar-refractivity contribution in [2.75, 3.05) is 13.1 Å². The maximum absolute atomic E-state index is 11.9. The summed E-state index contributed by atoms with van der Waals surface area (Å²) in [5.74, 6) is 2.06. The van der Waals surface area contributed by atoms with Gasteiger partial charge in [0.15, 0.2) is 0 Å². The number of ketones is 1. The summed E-state index contributed by atoms with van der Waals surface area (Å²) in [5, 5.41) is 10.5. The van der Waals surface area contributed by atoms with Crippen molar-refractivity contribution >= 4 is 5.78 Å². The number of allylic oxidation sites excluding steroid dienone is 1. The van der Waals surface area contributed by atoms with E-state index in [1.165, 1.54) is 55.5 Å². The number of carbonyl (C=O) groups excluding carboxylic acids is 1. The van der Waals surface area contributed by atoms with Gasteiger partial charge in [-0.25, -0.2) is 0 Å². The van der Waals surface area contributed by atoms with Gasteiger partial charge in [0.05, 0.1) is 0 Å². The number of carbonyl (C=O) groups is 1. The average Bonchev–Trinajstić information content (AvgIpc) is 2.59. The number of fused-ring (bicyclic) bond motifs is 1. The number of hydrogen-bond donors (Lipinski definition) is 1. The number of rotatable bonds is 4.